The molecule has 19 heavy (non-hydrogen) atoms. The Morgan fingerprint density at radius 1 is 1.05 bits per heavy atom. The van der Waals surface area contributed by atoms with Gasteiger partial charge in [0.2, 0.25) is 0 Å². The molecular weight excluding hydrogens is 370 g/mol. The second kappa shape index (κ2) is 6.36. The van der Waals surface area contributed by atoms with E-state index in [4.69, 9.17) is 39.5 Å². The first-order valence-electron chi connectivity index (χ1n) is 5.46. The van der Waals surface area contributed by atoms with E-state index in [0.717, 1.165) is 16.9 Å². The number of alkyl halides is 1. The van der Waals surface area contributed by atoms with Gasteiger partial charge < -0.3 is 4.74 Å². The van der Waals surface area contributed by atoms with Crippen LogP contribution in [0, 0.1) is 0 Å². The zero-order valence-corrected chi connectivity index (χ0v) is 13.8. The highest BCUT2D eigenvalue weighted by atomic mass is 79.9. The summed E-state index contributed by atoms with van der Waals surface area (Å²) in [5, 5.41) is 1.82. The van der Waals surface area contributed by atoms with Crippen LogP contribution in [0.25, 0.3) is 0 Å². The summed E-state index contributed by atoms with van der Waals surface area (Å²) in [5.74, 6) is 0.724. The average Bonchev–Trinajstić information content (AvgIpc) is 2.38. The van der Waals surface area contributed by atoms with Gasteiger partial charge in [-0.05, 0) is 30.3 Å². The molecule has 0 aliphatic rings. The van der Waals surface area contributed by atoms with E-state index in [2.05, 4.69) is 15.9 Å². The first-order chi connectivity index (χ1) is 9.04. The fourth-order valence-corrected chi connectivity index (χ4v) is 3.72. The van der Waals surface area contributed by atoms with Crippen molar-refractivity contribution in [2.75, 3.05) is 7.11 Å². The number of halogens is 4. The van der Waals surface area contributed by atoms with Crippen molar-refractivity contribution in [1.82, 2.24) is 0 Å². The molecule has 0 aliphatic heterocycles. The normalized spacial score (nSPS) is 12.3. The summed E-state index contributed by atoms with van der Waals surface area (Å²) in [6.07, 6.45) is 0. The molecule has 0 spiro atoms. The molecule has 0 N–H and O–H groups in total. The molecule has 1 atom stereocenters. The van der Waals surface area contributed by atoms with Crippen LogP contribution < -0.4 is 4.74 Å². The van der Waals surface area contributed by atoms with Crippen LogP contribution in [0.4, 0.5) is 0 Å². The molecular formula is C14H10BrCl3O. The van der Waals surface area contributed by atoms with Gasteiger partial charge >= 0.3 is 0 Å². The Balaban J connectivity index is 2.55. The molecule has 2 aromatic rings. The maximum atomic E-state index is 6.22. The minimum absolute atomic E-state index is 0.192. The molecule has 0 aliphatic carbocycles. The maximum absolute atomic E-state index is 6.22. The van der Waals surface area contributed by atoms with Crippen LogP contribution in [0.2, 0.25) is 15.1 Å². The zero-order valence-electron chi connectivity index (χ0n) is 9.96. The Morgan fingerprint density at radius 3 is 2.26 bits per heavy atom. The molecule has 0 heterocycles. The van der Waals surface area contributed by atoms with Crippen molar-refractivity contribution in [2.45, 2.75) is 4.83 Å². The maximum Gasteiger partial charge on any atom is 0.123 e. The van der Waals surface area contributed by atoms with Gasteiger partial charge in [-0.3, -0.25) is 0 Å². The summed E-state index contributed by atoms with van der Waals surface area (Å²) < 4.78 is 5.35. The van der Waals surface area contributed by atoms with Gasteiger partial charge in [0.05, 0.1) is 11.9 Å². The molecule has 0 aromatic heterocycles. The number of benzene rings is 2. The van der Waals surface area contributed by atoms with Gasteiger partial charge in [-0.2, -0.15) is 0 Å². The lowest BCUT2D eigenvalue weighted by Gasteiger charge is -2.17. The SMILES string of the molecule is COc1ccc(Cl)cc1C(Br)c1c(Cl)cccc1Cl. The number of hydrogen-bond acceptors (Lipinski definition) is 1. The van der Waals surface area contributed by atoms with Gasteiger partial charge in [-0.1, -0.05) is 56.8 Å². The number of methoxy groups -OCH3 is 1. The molecule has 0 bridgehead atoms. The highest BCUT2D eigenvalue weighted by Gasteiger charge is 2.20. The predicted molar refractivity (Wildman–Crippen MR) is 85.2 cm³/mol. The third-order valence-corrected chi connectivity index (χ3v) is 4.56. The third-order valence-electron chi connectivity index (χ3n) is 2.72. The van der Waals surface area contributed by atoms with E-state index in [1.54, 1.807) is 25.3 Å². The fourth-order valence-electron chi connectivity index (χ4n) is 1.81. The smallest absolute Gasteiger partial charge is 0.123 e. The average molecular weight is 380 g/mol. The molecule has 100 valence electrons. The first kappa shape index (κ1) is 15.0. The van der Waals surface area contributed by atoms with E-state index in [9.17, 15) is 0 Å². The van der Waals surface area contributed by atoms with E-state index in [1.807, 2.05) is 18.2 Å². The lowest BCUT2D eigenvalue weighted by molar-refractivity contribution is 0.410. The largest absolute Gasteiger partial charge is 0.496 e. The zero-order chi connectivity index (χ0) is 14.0. The van der Waals surface area contributed by atoms with Crippen molar-refractivity contribution < 1.29 is 4.74 Å². The van der Waals surface area contributed by atoms with Crippen molar-refractivity contribution in [3.8, 4) is 5.75 Å². The Kier molecular flexibility index (Phi) is 5.02. The summed E-state index contributed by atoms with van der Waals surface area (Å²) >= 11 is 22.1. The third kappa shape index (κ3) is 3.19. The summed E-state index contributed by atoms with van der Waals surface area (Å²) in [5.41, 5.74) is 1.68. The molecule has 0 fully saturated rings. The van der Waals surface area contributed by atoms with Gasteiger partial charge in [0, 0.05) is 26.2 Å². The van der Waals surface area contributed by atoms with Gasteiger partial charge in [0.15, 0.2) is 0 Å². The van der Waals surface area contributed by atoms with E-state index in [0.29, 0.717) is 15.1 Å². The van der Waals surface area contributed by atoms with E-state index < -0.39 is 0 Å². The van der Waals surface area contributed by atoms with Gasteiger partial charge in [0.25, 0.3) is 0 Å². The van der Waals surface area contributed by atoms with Crippen LogP contribution in [0.15, 0.2) is 36.4 Å². The van der Waals surface area contributed by atoms with Crippen molar-refractivity contribution in [3.63, 3.8) is 0 Å². The summed E-state index contributed by atoms with van der Waals surface area (Å²) in [6.45, 7) is 0. The summed E-state index contributed by atoms with van der Waals surface area (Å²) in [4.78, 5) is -0.192. The summed E-state index contributed by atoms with van der Waals surface area (Å²) in [7, 11) is 1.61. The Morgan fingerprint density at radius 2 is 1.68 bits per heavy atom. The molecule has 1 unspecified atom stereocenters. The van der Waals surface area contributed by atoms with Crippen LogP contribution in [-0.2, 0) is 0 Å². The molecule has 0 saturated heterocycles. The minimum atomic E-state index is -0.192. The molecule has 1 nitrogen and oxygen atoms in total. The lowest BCUT2D eigenvalue weighted by atomic mass is 10.0. The molecule has 5 heteroatoms. The van der Waals surface area contributed by atoms with Crippen LogP contribution >= 0.6 is 50.7 Å². The second-order valence-corrected chi connectivity index (χ2v) is 6.05. The summed E-state index contributed by atoms with van der Waals surface area (Å²) in [6, 6.07) is 10.8. The van der Waals surface area contributed by atoms with Gasteiger partial charge in [-0.25, -0.2) is 0 Å². The minimum Gasteiger partial charge on any atom is -0.496 e. The van der Waals surface area contributed by atoms with Gasteiger partial charge in [0.1, 0.15) is 5.75 Å². The quantitative estimate of drug-likeness (QED) is 0.581. The van der Waals surface area contributed by atoms with Crippen LogP contribution in [0.3, 0.4) is 0 Å². The Bertz CT molecular complexity index is 581. The van der Waals surface area contributed by atoms with Crippen LogP contribution in [0.1, 0.15) is 16.0 Å². The second-order valence-electron chi connectivity index (χ2n) is 3.88. The topological polar surface area (TPSA) is 9.23 Å². The van der Waals surface area contributed by atoms with E-state index in [1.165, 1.54) is 0 Å². The van der Waals surface area contributed by atoms with Gasteiger partial charge in [-0.15, -0.1) is 0 Å². The standard InChI is InChI=1S/C14H10BrCl3O/c1-19-12-6-5-8(16)7-9(12)14(15)13-10(17)3-2-4-11(13)18/h2-7,14H,1H3. The monoisotopic (exact) mass is 378 g/mol. The number of rotatable bonds is 3. The number of ether oxygens (including phenoxy) is 1. The van der Waals surface area contributed by atoms with E-state index in [-0.39, 0.29) is 4.83 Å². The first-order valence-corrected chi connectivity index (χ1v) is 7.51. The highest BCUT2D eigenvalue weighted by Crippen LogP contribution is 2.43. The highest BCUT2D eigenvalue weighted by molar-refractivity contribution is 9.09. The Labute approximate surface area is 135 Å². The Hall–Kier alpha value is -0.410. The molecule has 2 rings (SSSR count). The fraction of sp³-hybridized carbons (Fsp3) is 0.143. The molecule has 2 aromatic carbocycles. The predicted octanol–water partition coefficient (Wildman–Crippen LogP) is 6.14. The van der Waals surface area contributed by atoms with Crippen molar-refractivity contribution in [1.29, 1.82) is 0 Å². The van der Waals surface area contributed by atoms with Crippen molar-refractivity contribution in [2.24, 2.45) is 0 Å². The number of hydrogen-bond donors (Lipinski definition) is 0. The van der Waals surface area contributed by atoms with Crippen LogP contribution in [-0.4, -0.2) is 7.11 Å². The van der Waals surface area contributed by atoms with Crippen molar-refractivity contribution in [3.05, 3.63) is 62.6 Å². The van der Waals surface area contributed by atoms with Crippen molar-refractivity contribution >= 4 is 50.7 Å². The van der Waals surface area contributed by atoms with E-state index >= 15 is 0 Å². The molecule has 0 amide bonds. The molecule has 0 radical (unpaired) electrons. The lowest BCUT2D eigenvalue weighted by Crippen LogP contribution is -1.99. The van der Waals surface area contributed by atoms with Crippen LogP contribution in [0.5, 0.6) is 5.75 Å². The molecule has 0 saturated carbocycles.